The van der Waals surface area contributed by atoms with Gasteiger partial charge in [0.2, 0.25) is 0 Å². The van der Waals surface area contributed by atoms with E-state index in [4.69, 9.17) is 25.4 Å². The van der Waals surface area contributed by atoms with E-state index in [1.807, 2.05) is 20.8 Å². The minimum Gasteiger partial charge on any atom is -0.421 e. The first-order chi connectivity index (χ1) is 11.3. The number of rotatable bonds is 8. The summed E-state index contributed by atoms with van der Waals surface area (Å²) in [5, 5.41) is 0. The second-order valence-corrected chi connectivity index (χ2v) is 9.41. The van der Waals surface area contributed by atoms with Crippen molar-refractivity contribution >= 4 is 18.5 Å². The average Bonchev–Trinajstić information content (AvgIpc) is 2.44. The Bertz CT molecular complexity index is 609. The van der Waals surface area contributed by atoms with E-state index in [9.17, 15) is 17.6 Å². The van der Waals surface area contributed by atoms with Gasteiger partial charge in [0.15, 0.2) is 5.75 Å². The van der Waals surface area contributed by atoms with Crippen LogP contribution in [0.2, 0.25) is 0 Å². The highest BCUT2D eigenvalue weighted by Gasteiger charge is 2.43. The molecule has 0 saturated heterocycles. The van der Waals surface area contributed by atoms with Crippen LogP contribution in [0.15, 0.2) is 12.4 Å². The summed E-state index contributed by atoms with van der Waals surface area (Å²) in [6, 6.07) is 0. The monoisotopic (exact) mass is 404 g/mol. The molecule has 0 radical (unpaired) electrons. The van der Waals surface area contributed by atoms with Crippen molar-refractivity contribution in [1.82, 2.24) is 9.97 Å². The van der Waals surface area contributed by atoms with E-state index in [1.54, 1.807) is 13.8 Å². The Labute approximate surface area is 149 Å². The van der Waals surface area contributed by atoms with Gasteiger partial charge in [-0.1, -0.05) is 20.8 Å². The van der Waals surface area contributed by atoms with Gasteiger partial charge >= 0.3 is 19.1 Å². The maximum atomic E-state index is 13.1. The topological polar surface area (TPSA) is 53.5 Å². The van der Waals surface area contributed by atoms with Gasteiger partial charge in [0.25, 0.3) is 0 Å². The van der Waals surface area contributed by atoms with Gasteiger partial charge in [-0.15, -0.1) is 0 Å². The van der Waals surface area contributed by atoms with Crippen LogP contribution in [0.3, 0.4) is 0 Å². The highest BCUT2D eigenvalue weighted by molar-refractivity contribution is 8.07. The summed E-state index contributed by atoms with van der Waals surface area (Å²) in [4.78, 5) is 8.21. The molecule has 11 heteroatoms. The molecular weight excluding hydrogens is 383 g/mol. The predicted octanol–water partition coefficient (Wildman–Crippen LogP) is 4.72. The first kappa shape index (κ1) is 22.2. The lowest BCUT2D eigenvalue weighted by Crippen LogP contribution is -2.32. The summed E-state index contributed by atoms with van der Waals surface area (Å²) in [6.07, 6.45) is -1.81. The molecule has 1 unspecified atom stereocenters. The highest BCUT2D eigenvalue weighted by atomic mass is 32.5. The van der Waals surface area contributed by atoms with Crippen molar-refractivity contribution in [1.29, 1.82) is 0 Å². The van der Waals surface area contributed by atoms with Crippen molar-refractivity contribution in [3.8, 4) is 5.75 Å². The lowest BCUT2D eigenvalue weighted by molar-refractivity contribution is -0.150. The Hall–Kier alpha value is -0.830. The zero-order valence-electron chi connectivity index (χ0n) is 14.5. The molecule has 0 bridgehead atoms. The number of halogens is 4. The lowest BCUT2D eigenvalue weighted by Gasteiger charge is -2.26. The van der Waals surface area contributed by atoms with Crippen LogP contribution in [0.4, 0.5) is 17.6 Å². The standard InChI is InChI=1S/C14H21F4N2O3PS/c1-9(2)22-24(25,21-8-14(17,18)11(15)16)23-10-6-19-12(20-7-10)13(3,4)5/h6-7,9,11H,8H2,1-5H3. The van der Waals surface area contributed by atoms with Gasteiger partial charge in [0.05, 0.1) is 18.5 Å². The molecule has 0 aromatic carbocycles. The average molecular weight is 404 g/mol. The van der Waals surface area contributed by atoms with Crippen LogP contribution in [0.5, 0.6) is 5.75 Å². The van der Waals surface area contributed by atoms with Crippen molar-refractivity contribution in [2.75, 3.05) is 6.61 Å². The van der Waals surface area contributed by atoms with Crippen LogP contribution >= 0.6 is 6.72 Å². The van der Waals surface area contributed by atoms with Crippen molar-refractivity contribution < 1.29 is 31.1 Å². The fraction of sp³-hybridized carbons (Fsp3) is 0.714. The fourth-order valence-corrected chi connectivity index (χ4v) is 3.73. The molecule has 1 aromatic rings. The number of nitrogens with zero attached hydrogens (tertiary/aromatic N) is 2. The van der Waals surface area contributed by atoms with Gasteiger partial charge in [-0.2, -0.15) is 8.78 Å². The fourth-order valence-electron chi connectivity index (χ4n) is 1.44. The Morgan fingerprint density at radius 2 is 1.68 bits per heavy atom. The van der Waals surface area contributed by atoms with E-state index in [0.29, 0.717) is 5.82 Å². The molecule has 1 rings (SSSR count). The third kappa shape index (κ3) is 7.13. The van der Waals surface area contributed by atoms with Gasteiger partial charge in [-0.25, -0.2) is 18.7 Å². The quantitative estimate of drug-likeness (QED) is 0.462. The van der Waals surface area contributed by atoms with Crippen molar-refractivity contribution in [2.45, 2.75) is 58.5 Å². The summed E-state index contributed by atoms with van der Waals surface area (Å²) >= 11 is 5.03. The van der Waals surface area contributed by atoms with Crippen LogP contribution < -0.4 is 4.52 Å². The maximum Gasteiger partial charge on any atom is 0.381 e. The van der Waals surface area contributed by atoms with Gasteiger partial charge in [0.1, 0.15) is 12.4 Å². The molecule has 0 fully saturated rings. The molecule has 0 saturated carbocycles. The molecule has 1 heterocycles. The minimum atomic E-state index is -4.36. The predicted molar refractivity (Wildman–Crippen MR) is 88.8 cm³/mol. The van der Waals surface area contributed by atoms with E-state index >= 15 is 0 Å². The SMILES string of the molecule is CC(C)OP(=S)(OCC(F)(F)C(F)F)Oc1cnc(C(C)(C)C)nc1. The van der Waals surface area contributed by atoms with Crippen LogP contribution in [0.25, 0.3) is 0 Å². The molecule has 0 spiro atoms. The minimum absolute atomic E-state index is 0.0392. The van der Waals surface area contributed by atoms with Gasteiger partial charge < -0.3 is 4.52 Å². The van der Waals surface area contributed by atoms with Crippen LogP contribution in [-0.2, 0) is 26.3 Å². The van der Waals surface area contributed by atoms with Crippen molar-refractivity contribution in [2.24, 2.45) is 0 Å². The van der Waals surface area contributed by atoms with E-state index < -0.39 is 31.8 Å². The molecule has 0 amide bonds. The molecule has 0 aliphatic heterocycles. The first-order valence-electron chi connectivity index (χ1n) is 7.36. The zero-order valence-corrected chi connectivity index (χ0v) is 16.2. The largest absolute Gasteiger partial charge is 0.421 e. The summed E-state index contributed by atoms with van der Waals surface area (Å²) in [5.74, 6) is -3.79. The molecule has 1 aromatic heterocycles. The zero-order chi connectivity index (χ0) is 19.5. The van der Waals surface area contributed by atoms with Crippen LogP contribution in [0, 0.1) is 0 Å². The van der Waals surface area contributed by atoms with Crippen LogP contribution in [-0.4, -0.2) is 35.0 Å². The third-order valence-electron chi connectivity index (χ3n) is 2.59. The number of aromatic nitrogens is 2. The van der Waals surface area contributed by atoms with Crippen LogP contribution in [0.1, 0.15) is 40.4 Å². The molecule has 1 atom stereocenters. The number of hydrogen-bond donors (Lipinski definition) is 0. The number of hydrogen-bond acceptors (Lipinski definition) is 6. The summed E-state index contributed by atoms with van der Waals surface area (Å²) in [7, 11) is 0. The third-order valence-corrected chi connectivity index (χ3v) is 4.95. The summed E-state index contributed by atoms with van der Waals surface area (Å²) in [6.45, 7) is 3.52. The Morgan fingerprint density at radius 1 is 1.16 bits per heavy atom. The Morgan fingerprint density at radius 3 is 2.08 bits per heavy atom. The molecule has 0 N–H and O–H groups in total. The van der Waals surface area contributed by atoms with Gasteiger partial charge in [0, 0.05) is 17.2 Å². The molecule has 0 aliphatic rings. The highest BCUT2D eigenvalue weighted by Crippen LogP contribution is 2.51. The Balaban J connectivity index is 2.93. The molecule has 0 aliphatic carbocycles. The maximum absolute atomic E-state index is 13.1. The first-order valence-corrected chi connectivity index (χ1v) is 9.92. The lowest BCUT2D eigenvalue weighted by atomic mass is 9.96. The second-order valence-electron chi connectivity index (χ2n) is 6.52. The molecule has 5 nitrogen and oxygen atoms in total. The second kappa shape index (κ2) is 8.24. The van der Waals surface area contributed by atoms with E-state index in [-0.39, 0.29) is 11.2 Å². The van der Waals surface area contributed by atoms with Gasteiger partial charge in [-0.05, 0) is 13.8 Å². The summed E-state index contributed by atoms with van der Waals surface area (Å²) in [5.41, 5.74) is -0.303. The van der Waals surface area contributed by atoms with E-state index in [0.717, 1.165) is 0 Å². The molecule has 144 valence electrons. The normalized spacial score (nSPS) is 15.5. The number of alkyl halides is 4. The van der Waals surface area contributed by atoms with Crippen molar-refractivity contribution in [3.05, 3.63) is 18.2 Å². The summed E-state index contributed by atoms with van der Waals surface area (Å²) < 4.78 is 66.1. The van der Waals surface area contributed by atoms with E-state index in [1.165, 1.54) is 12.4 Å². The molecular formula is C14H21F4N2O3PS. The van der Waals surface area contributed by atoms with E-state index in [2.05, 4.69) is 9.97 Å². The Kier molecular flexibility index (Phi) is 7.32. The van der Waals surface area contributed by atoms with Crippen molar-refractivity contribution in [3.63, 3.8) is 0 Å². The van der Waals surface area contributed by atoms with Gasteiger partial charge in [-0.3, -0.25) is 9.05 Å². The smallest absolute Gasteiger partial charge is 0.381 e. The molecule has 25 heavy (non-hydrogen) atoms.